The third-order valence-corrected chi connectivity index (χ3v) is 4.82. The maximum Gasteiger partial charge on any atom is 0.263 e. The van der Waals surface area contributed by atoms with Gasteiger partial charge in [-0.05, 0) is 15.9 Å². The lowest BCUT2D eigenvalue weighted by Crippen LogP contribution is -2.46. The van der Waals surface area contributed by atoms with E-state index in [1.165, 1.54) is 11.3 Å². The highest BCUT2D eigenvalue weighted by Gasteiger charge is 2.36. The molecule has 0 bridgehead atoms. The Morgan fingerprint density at radius 1 is 1.65 bits per heavy atom. The second kappa shape index (κ2) is 4.15. The first-order valence-electron chi connectivity index (χ1n) is 5.33. The molecule has 3 rings (SSSR count). The van der Waals surface area contributed by atoms with Crippen LogP contribution in [0.1, 0.15) is 9.67 Å². The second-order valence-corrected chi connectivity index (χ2v) is 6.31. The zero-order valence-corrected chi connectivity index (χ0v) is 11.3. The zero-order valence-electron chi connectivity index (χ0n) is 8.90. The molecule has 92 valence electrons. The van der Waals surface area contributed by atoms with Crippen molar-refractivity contribution in [1.29, 1.82) is 0 Å². The van der Waals surface area contributed by atoms with Crippen LogP contribution in [-0.2, 0) is 0 Å². The predicted molar refractivity (Wildman–Crippen MR) is 68.1 cm³/mol. The van der Waals surface area contributed by atoms with Crippen LogP contribution in [0.3, 0.4) is 0 Å². The first kappa shape index (κ1) is 11.3. The van der Waals surface area contributed by atoms with Crippen molar-refractivity contribution in [3.8, 4) is 5.75 Å². The average molecular weight is 319 g/mol. The Kier molecular flexibility index (Phi) is 2.76. The van der Waals surface area contributed by atoms with E-state index in [1.807, 2.05) is 0 Å². The summed E-state index contributed by atoms with van der Waals surface area (Å²) in [5, 5.41) is 12.2. The van der Waals surface area contributed by atoms with Gasteiger partial charge in [-0.1, -0.05) is 0 Å². The van der Waals surface area contributed by atoms with Gasteiger partial charge < -0.3 is 20.1 Å². The van der Waals surface area contributed by atoms with Crippen LogP contribution in [0.25, 0.3) is 0 Å². The molecule has 1 atom stereocenters. The number of halogens is 1. The third kappa shape index (κ3) is 1.64. The predicted octanol–water partition coefficient (Wildman–Crippen LogP) is 0.814. The number of aliphatic hydroxyl groups excluding tert-OH is 1. The number of hydrogen-bond acceptors (Lipinski definition) is 5. The van der Waals surface area contributed by atoms with Crippen LogP contribution in [-0.4, -0.2) is 43.4 Å². The second-order valence-electron chi connectivity index (χ2n) is 3.97. The molecule has 0 fully saturated rings. The van der Waals surface area contributed by atoms with Crippen molar-refractivity contribution >= 4 is 38.9 Å². The van der Waals surface area contributed by atoms with Crippen LogP contribution in [0.4, 0.5) is 5.69 Å². The Balaban J connectivity index is 2.17. The quantitative estimate of drug-likeness (QED) is 0.804. The highest BCUT2D eigenvalue weighted by molar-refractivity contribution is 9.11. The lowest BCUT2D eigenvalue weighted by Gasteiger charge is -2.34. The first-order chi connectivity index (χ1) is 8.22. The molecule has 0 aliphatic carbocycles. The standard InChI is InChI=1S/C10H11BrN2O3S/c11-9-7-6-8(17-9)10(15)12-3-5(4-14)13(6)1-2-16-7/h5,14H,1-4H2,(H,12,15)/t5-/m0/s1. The number of ether oxygens (including phenoxy) is 1. The Morgan fingerprint density at radius 3 is 3.24 bits per heavy atom. The zero-order chi connectivity index (χ0) is 12.0. The van der Waals surface area contributed by atoms with Crippen LogP contribution in [0.2, 0.25) is 0 Å². The molecule has 3 heterocycles. The SMILES string of the molecule is O=C1NC[C@@H](CO)N2CCOc3c(Br)sc1c32. The fourth-order valence-electron chi connectivity index (χ4n) is 2.21. The Morgan fingerprint density at radius 2 is 2.47 bits per heavy atom. The highest BCUT2D eigenvalue weighted by Crippen LogP contribution is 2.48. The fourth-order valence-corrected chi connectivity index (χ4v) is 3.89. The number of nitrogens with zero attached hydrogens (tertiary/aromatic N) is 1. The van der Waals surface area contributed by atoms with Gasteiger partial charge in [-0.3, -0.25) is 4.79 Å². The summed E-state index contributed by atoms with van der Waals surface area (Å²) in [6.45, 7) is 1.76. The monoisotopic (exact) mass is 318 g/mol. The molecule has 0 unspecified atom stereocenters. The number of rotatable bonds is 1. The van der Waals surface area contributed by atoms with Gasteiger partial charge in [0.25, 0.3) is 5.91 Å². The van der Waals surface area contributed by atoms with E-state index in [-0.39, 0.29) is 18.6 Å². The van der Waals surface area contributed by atoms with Crippen molar-refractivity contribution in [1.82, 2.24) is 5.32 Å². The molecular weight excluding hydrogens is 308 g/mol. The highest BCUT2D eigenvalue weighted by atomic mass is 79.9. The molecule has 0 saturated heterocycles. The van der Waals surface area contributed by atoms with Crippen LogP contribution in [0, 0.1) is 0 Å². The average Bonchev–Trinajstić information content (AvgIpc) is 2.61. The largest absolute Gasteiger partial charge is 0.487 e. The lowest BCUT2D eigenvalue weighted by molar-refractivity contribution is 0.0956. The van der Waals surface area contributed by atoms with Crippen molar-refractivity contribution in [2.75, 3.05) is 31.2 Å². The number of nitrogens with one attached hydrogen (secondary N) is 1. The van der Waals surface area contributed by atoms with Gasteiger partial charge >= 0.3 is 0 Å². The topological polar surface area (TPSA) is 61.8 Å². The van der Waals surface area contributed by atoms with Gasteiger partial charge in [0, 0.05) is 6.54 Å². The summed E-state index contributed by atoms with van der Waals surface area (Å²) < 4.78 is 6.43. The molecule has 2 aliphatic heterocycles. The molecule has 1 aromatic rings. The van der Waals surface area contributed by atoms with Crippen LogP contribution in [0.15, 0.2) is 3.79 Å². The molecule has 17 heavy (non-hydrogen) atoms. The minimum atomic E-state index is -0.0941. The van der Waals surface area contributed by atoms with E-state index in [2.05, 4.69) is 26.1 Å². The van der Waals surface area contributed by atoms with E-state index in [0.717, 1.165) is 15.2 Å². The van der Waals surface area contributed by atoms with E-state index < -0.39 is 0 Å². The van der Waals surface area contributed by atoms with Crippen LogP contribution in [0.5, 0.6) is 5.75 Å². The van der Waals surface area contributed by atoms with Crippen molar-refractivity contribution in [2.45, 2.75) is 6.04 Å². The molecule has 0 saturated carbocycles. The number of carbonyl (C=O) groups excluding carboxylic acids is 1. The van der Waals surface area contributed by atoms with Gasteiger partial charge in [-0.2, -0.15) is 0 Å². The molecular formula is C10H11BrN2O3S. The van der Waals surface area contributed by atoms with Gasteiger partial charge in [0.05, 0.1) is 19.2 Å². The van der Waals surface area contributed by atoms with E-state index in [4.69, 9.17) is 4.74 Å². The van der Waals surface area contributed by atoms with Gasteiger partial charge in [0.15, 0.2) is 5.75 Å². The summed E-state index contributed by atoms with van der Waals surface area (Å²) in [5.74, 6) is 0.634. The summed E-state index contributed by atoms with van der Waals surface area (Å²) in [7, 11) is 0. The summed E-state index contributed by atoms with van der Waals surface area (Å²) in [6.07, 6.45) is 0. The summed E-state index contributed by atoms with van der Waals surface area (Å²) >= 11 is 4.79. The number of carbonyl (C=O) groups is 1. The molecule has 0 spiro atoms. The molecule has 1 amide bonds. The van der Waals surface area contributed by atoms with Gasteiger partial charge in [-0.15, -0.1) is 11.3 Å². The molecule has 0 radical (unpaired) electrons. The minimum absolute atomic E-state index is 0.0205. The number of hydrogen-bond donors (Lipinski definition) is 2. The van der Waals surface area contributed by atoms with Gasteiger partial charge in [-0.25, -0.2) is 0 Å². The van der Waals surface area contributed by atoms with Crippen LogP contribution < -0.4 is 15.0 Å². The molecule has 2 N–H and O–H groups in total. The van der Waals surface area contributed by atoms with Gasteiger partial charge in [0.2, 0.25) is 0 Å². The Bertz CT molecular complexity index is 476. The van der Waals surface area contributed by atoms with Gasteiger partial charge in [0.1, 0.15) is 21.0 Å². The number of anilines is 1. The van der Waals surface area contributed by atoms with Crippen molar-refractivity contribution < 1.29 is 14.6 Å². The molecule has 5 nitrogen and oxygen atoms in total. The number of thiophene rings is 1. The van der Waals surface area contributed by atoms with E-state index in [1.54, 1.807) is 0 Å². The summed E-state index contributed by atoms with van der Waals surface area (Å²) in [6, 6.07) is -0.0793. The first-order valence-corrected chi connectivity index (χ1v) is 6.94. The van der Waals surface area contributed by atoms with Crippen LogP contribution >= 0.6 is 27.3 Å². The van der Waals surface area contributed by atoms with E-state index >= 15 is 0 Å². The molecule has 2 aliphatic rings. The van der Waals surface area contributed by atoms with E-state index in [0.29, 0.717) is 24.6 Å². The Hall–Kier alpha value is -0.790. The van der Waals surface area contributed by atoms with Crippen molar-refractivity contribution in [3.05, 3.63) is 8.66 Å². The molecule has 1 aromatic heterocycles. The number of amides is 1. The fraction of sp³-hybridized carbons (Fsp3) is 0.500. The molecule has 7 heteroatoms. The maximum atomic E-state index is 11.9. The normalized spacial score (nSPS) is 22.6. The maximum absolute atomic E-state index is 11.9. The van der Waals surface area contributed by atoms with Crippen molar-refractivity contribution in [2.24, 2.45) is 0 Å². The Labute approximate surface area is 110 Å². The smallest absolute Gasteiger partial charge is 0.263 e. The van der Waals surface area contributed by atoms with Crippen molar-refractivity contribution in [3.63, 3.8) is 0 Å². The third-order valence-electron chi connectivity index (χ3n) is 3.02. The summed E-state index contributed by atoms with van der Waals surface area (Å²) in [5.41, 5.74) is 0.821. The summed E-state index contributed by atoms with van der Waals surface area (Å²) in [4.78, 5) is 14.7. The molecule has 0 aromatic carbocycles. The number of aliphatic hydroxyl groups is 1. The van der Waals surface area contributed by atoms with E-state index in [9.17, 15) is 9.90 Å². The minimum Gasteiger partial charge on any atom is -0.487 e. The lowest BCUT2D eigenvalue weighted by atomic mass is 10.2.